The Balaban J connectivity index is 1.46. The maximum absolute atomic E-state index is 12.7. The lowest BCUT2D eigenvalue weighted by Crippen LogP contribution is -2.41. The minimum Gasteiger partial charge on any atom is -0.495 e. The molecule has 0 aliphatic carbocycles. The van der Waals surface area contributed by atoms with Crippen molar-refractivity contribution in [2.75, 3.05) is 35.6 Å². The monoisotopic (exact) mass is 687 g/mol. The fourth-order valence-corrected chi connectivity index (χ4v) is 5.88. The number of benzene rings is 2. The van der Waals surface area contributed by atoms with Gasteiger partial charge in [0, 0.05) is 18.5 Å². The maximum Gasteiger partial charge on any atom is 0.410 e. The van der Waals surface area contributed by atoms with Crippen molar-refractivity contribution in [3.05, 3.63) is 59.2 Å². The molecule has 0 spiro atoms. The second kappa shape index (κ2) is 14.2. The average Bonchev–Trinajstić information content (AvgIpc) is 2.98. The smallest absolute Gasteiger partial charge is 0.410 e. The third kappa shape index (κ3) is 9.85. The topological polar surface area (TPSA) is 164 Å². The summed E-state index contributed by atoms with van der Waals surface area (Å²) < 4.78 is 41.0. The number of hydrogen-bond acceptors (Lipinski definition) is 10. The molecule has 1 aliphatic heterocycles. The quantitative estimate of drug-likeness (QED) is 0.194. The highest BCUT2D eigenvalue weighted by Crippen LogP contribution is 2.36. The zero-order chi connectivity index (χ0) is 34.6. The van der Waals surface area contributed by atoms with E-state index in [1.807, 2.05) is 43.7 Å². The number of anilines is 5. The number of nitrogens with zero attached hydrogens (tertiary/aromatic N) is 3. The summed E-state index contributed by atoms with van der Waals surface area (Å²) in [6.07, 6.45) is 2.71. The number of carbonyl (C=O) groups is 2. The summed E-state index contributed by atoms with van der Waals surface area (Å²) in [6, 6.07) is 12.4. The molecule has 2 aromatic carbocycles. The fourth-order valence-electron chi connectivity index (χ4n) is 4.68. The largest absolute Gasteiger partial charge is 0.495 e. The molecule has 0 radical (unpaired) electrons. The molecule has 4 N–H and O–H groups in total. The molecule has 254 valence electrons. The van der Waals surface area contributed by atoms with Gasteiger partial charge in [0.25, 0.3) is 0 Å². The van der Waals surface area contributed by atoms with Crippen LogP contribution < -0.4 is 24.8 Å². The highest BCUT2D eigenvalue weighted by molar-refractivity contribution is 7.91. The fraction of sp³-hybridized carbons (Fsp3) is 0.438. The first-order valence-corrected chi connectivity index (χ1v) is 17.0. The minimum absolute atomic E-state index is 0.167. The van der Waals surface area contributed by atoms with Crippen LogP contribution in [0.4, 0.5) is 33.6 Å². The van der Waals surface area contributed by atoms with Gasteiger partial charge in [-0.3, -0.25) is 9.52 Å². The van der Waals surface area contributed by atoms with E-state index < -0.39 is 27.1 Å². The number of methoxy groups -OCH3 is 1. The van der Waals surface area contributed by atoms with E-state index in [-0.39, 0.29) is 34.5 Å². The van der Waals surface area contributed by atoms with Crippen LogP contribution in [0.5, 0.6) is 5.75 Å². The molecule has 3 aromatic rings. The van der Waals surface area contributed by atoms with E-state index in [4.69, 9.17) is 21.1 Å². The van der Waals surface area contributed by atoms with E-state index in [2.05, 4.69) is 25.3 Å². The highest BCUT2D eigenvalue weighted by atomic mass is 35.5. The molecule has 2 amide bonds. The van der Waals surface area contributed by atoms with Gasteiger partial charge in [-0.1, -0.05) is 50.6 Å². The van der Waals surface area contributed by atoms with Crippen molar-refractivity contribution in [1.29, 1.82) is 0 Å². The molecular formula is C32H42ClN7O6S. The van der Waals surface area contributed by atoms with Gasteiger partial charge in [0.05, 0.1) is 30.4 Å². The summed E-state index contributed by atoms with van der Waals surface area (Å²) in [5.74, 6) is 0.601. The van der Waals surface area contributed by atoms with Crippen molar-refractivity contribution in [1.82, 2.24) is 19.6 Å². The van der Waals surface area contributed by atoms with Crippen LogP contribution in [-0.2, 0) is 19.7 Å². The molecule has 13 nitrogen and oxygen atoms in total. The Kier molecular flexibility index (Phi) is 10.8. The Bertz CT molecular complexity index is 1720. The van der Waals surface area contributed by atoms with Crippen molar-refractivity contribution in [2.24, 2.45) is 5.41 Å². The number of piperidine rings is 1. The number of ether oxygens (including phenoxy) is 2. The number of likely N-dealkylation sites (tertiary alicyclic amines) is 1. The van der Waals surface area contributed by atoms with E-state index in [0.717, 1.165) is 18.4 Å². The molecule has 47 heavy (non-hydrogen) atoms. The number of para-hydroxylation sites is 2. The van der Waals surface area contributed by atoms with Crippen LogP contribution in [0.15, 0.2) is 48.7 Å². The van der Waals surface area contributed by atoms with E-state index in [1.54, 1.807) is 51.0 Å². The summed E-state index contributed by atoms with van der Waals surface area (Å²) in [5.41, 5.74) is 0.777. The summed E-state index contributed by atoms with van der Waals surface area (Å²) in [5, 5.41) is 6.40. The zero-order valence-corrected chi connectivity index (χ0v) is 29.2. The third-order valence-corrected chi connectivity index (χ3v) is 8.39. The van der Waals surface area contributed by atoms with Crippen LogP contribution in [0.25, 0.3) is 0 Å². The number of aromatic nitrogens is 2. The van der Waals surface area contributed by atoms with Crippen LogP contribution in [0.3, 0.4) is 0 Å². The standard InChI is InChI=1S/C32H42ClN7O6S/c1-31(2,3)28(41)39-47(43,44)38-24-11-9-8-10-23(24)35-27-22(33)19-34-29(37-27)36-25-13-12-21(18-26(25)45-7)20-14-16-40(17-15-20)30(42)46-32(4,5)6/h8-13,18-20,38H,14-17H2,1-7H3,(H,39,41)(H2,34,35,36,37). The normalized spacial score (nSPS) is 14.3. The van der Waals surface area contributed by atoms with Crippen LogP contribution in [0, 0.1) is 5.41 Å². The first kappa shape index (κ1) is 35.6. The third-order valence-electron chi connectivity index (χ3n) is 7.17. The van der Waals surface area contributed by atoms with Crippen molar-refractivity contribution in [2.45, 2.75) is 65.9 Å². The van der Waals surface area contributed by atoms with Gasteiger partial charge in [0.2, 0.25) is 11.9 Å². The van der Waals surface area contributed by atoms with E-state index in [1.165, 1.54) is 12.3 Å². The Morgan fingerprint density at radius 1 is 0.957 bits per heavy atom. The molecule has 0 atom stereocenters. The maximum atomic E-state index is 12.7. The van der Waals surface area contributed by atoms with Gasteiger partial charge in [-0.25, -0.2) is 14.5 Å². The molecule has 0 bridgehead atoms. The van der Waals surface area contributed by atoms with Gasteiger partial charge in [0.15, 0.2) is 5.82 Å². The van der Waals surface area contributed by atoms with Crippen LogP contribution in [0.1, 0.15) is 65.9 Å². The molecule has 0 unspecified atom stereocenters. The molecule has 15 heteroatoms. The summed E-state index contributed by atoms with van der Waals surface area (Å²) in [6.45, 7) is 11.6. The molecule has 4 rings (SSSR count). The first-order valence-electron chi connectivity index (χ1n) is 15.1. The number of rotatable bonds is 9. The van der Waals surface area contributed by atoms with Crippen LogP contribution in [0.2, 0.25) is 5.02 Å². The van der Waals surface area contributed by atoms with Gasteiger partial charge in [-0.15, -0.1) is 0 Å². The SMILES string of the molecule is COc1cc(C2CCN(C(=O)OC(C)(C)C)CC2)ccc1Nc1ncc(Cl)c(Nc2ccccc2NS(=O)(=O)NC(=O)C(C)(C)C)n1. The molecule has 1 aromatic heterocycles. The molecule has 1 aliphatic rings. The predicted octanol–water partition coefficient (Wildman–Crippen LogP) is 6.56. The second-order valence-corrected chi connectivity index (χ2v) is 15.0. The van der Waals surface area contributed by atoms with Gasteiger partial charge in [-0.05, 0) is 69.4 Å². The predicted molar refractivity (Wildman–Crippen MR) is 183 cm³/mol. The van der Waals surface area contributed by atoms with E-state index in [0.29, 0.717) is 30.2 Å². The molecule has 1 fully saturated rings. The summed E-state index contributed by atoms with van der Waals surface area (Å²) in [4.78, 5) is 35.3. The Hall–Kier alpha value is -4.30. The Labute approximate surface area is 281 Å². The van der Waals surface area contributed by atoms with Crippen molar-refractivity contribution >= 4 is 62.6 Å². The summed E-state index contributed by atoms with van der Waals surface area (Å²) in [7, 11) is -2.65. The van der Waals surface area contributed by atoms with Crippen LogP contribution in [-0.4, -0.2) is 61.1 Å². The first-order chi connectivity index (χ1) is 21.9. The molecule has 1 saturated heterocycles. The Morgan fingerprint density at radius 2 is 1.62 bits per heavy atom. The molecule has 2 heterocycles. The van der Waals surface area contributed by atoms with Gasteiger partial charge >= 0.3 is 16.3 Å². The van der Waals surface area contributed by atoms with Crippen molar-refractivity contribution < 1.29 is 27.5 Å². The zero-order valence-electron chi connectivity index (χ0n) is 27.6. The number of halogens is 1. The van der Waals surface area contributed by atoms with E-state index in [9.17, 15) is 18.0 Å². The highest BCUT2D eigenvalue weighted by Gasteiger charge is 2.29. The number of hydrogen-bond donors (Lipinski definition) is 4. The number of amides is 2. The van der Waals surface area contributed by atoms with Crippen molar-refractivity contribution in [3.8, 4) is 5.75 Å². The summed E-state index contributed by atoms with van der Waals surface area (Å²) >= 11 is 6.41. The lowest BCUT2D eigenvalue weighted by molar-refractivity contribution is -0.126. The lowest BCUT2D eigenvalue weighted by atomic mass is 9.89. The van der Waals surface area contributed by atoms with Gasteiger partial charge in [0.1, 0.15) is 16.4 Å². The second-order valence-electron chi connectivity index (χ2n) is 13.2. The molecule has 0 saturated carbocycles. The van der Waals surface area contributed by atoms with Gasteiger partial charge in [-0.2, -0.15) is 13.4 Å². The van der Waals surface area contributed by atoms with E-state index >= 15 is 0 Å². The number of nitrogens with one attached hydrogen (secondary N) is 4. The Morgan fingerprint density at radius 3 is 2.23 bits per heavy atom. The van der Waals surface area contributed by atoms with Crippen molar-refractivity contribution in [3.63, 3.8) is 0 Å². The number of carbonyl (C=O) groups excluding carboxylic acids is 2. The minimum atomic E-state index is -4.23. The molecular weight excluding hydrogens is 646 g/mol. The lowest BCUT2D eigenvalue weighted by Gasteiger charge is -2.33. The average molecular weight is 688 g/mol. The van der Waals surface area contributed by atoms with Crippen LogP contribution >= 0.6 is 11.6 Å². The van der Waals surface area contributed by atoms with Gasteiger partial charge < -0.3 is 25.0 Å².